The highest BCUT2D eigenvalue weighted by molar-refractivity contribution is 6.43. The third-order valence-electron chi connectivity index (χ3n) is 2.45. The lowest BCUT2D eigenvalue weighted by molar-refractivity contribution is -0.121. The summed E-state index contributed by atoms with van der Waals surface area (Å²) < 4.78 is 6.53. The van der Waals surface area contributed by atoms with Crippen LogP contribution in [-0.2, 0) is 16.6 Å². The van der Waals surface area contributed by atoms with Gasteiger partial charge in [-0.25, -0.2) is 10.1 Å². The molecule has 0 spiro atoms. The highest BCUT2D eigenvalue weighted by Gasteiger charge is 2.19. The predicted molar refractivity (Wildman–Crippen MR) is 63.2 cm³/mol. The van der Waals surface area contributed by atoms with E-state index in [1.54, 1.807) is 13.1 Å². The Morgan fingerprint density at radius 2 is 2.33 bits per heavy atom. The van der Waals surface area contributed by atoms with Crippen molar-refractivity contribution in [3.8, 4) is 5.88 Å². The second-order valence-electron chi connectivity index (χ2n) is 3.74. The molecule has 1 aromatic heterocycles. The van der Waals surface area contributed by atoms with E-state index in [1.807, 2.05) is 0 Å². The number of carbonyl (C=O) groups excluding carboxylic acids is 2. The van der Waals surface area contributed by atoms with Gasteiger partial charge in [0.15, 0.2) is 5.82 Å². The number of aromatic nitrogens is 2. The molecule has 0 unspecified atom stereocenters. The average molecular weight is 251 g/mol. The van der Waals surface area contributed by atoms with Crippen LogP contribution in [0.2, 0.25) is 0 Å². The number of carbonyl (C=O) groups is 2. The molecule has 0 bridgehead atoms. The van der Waals surface area contributed by atoms with Crippen molar-refractivity contribution < 1.29 is 14.3 Å². The Morgan fingerprint density at radius 1 is 1.56 bits per heavy atom. The lowest BCUT2D eigenvalue weighted by atomic mass is 10.1. The third kappa shape index (κ3) is 2.47. The molecular formula is C10H13N5O3. The lowest BCUT2D eigenvalue weighted by Crippen LogP contribution is -2.32. The first kappa shape index (κ1) is 12.1. The average Bonchev–Trinajstić information content (AvgIpc) is 2.70. The van der Waals surface area contributed by atoms with Gasteiger partial charge >= 0.3 is 0 Å². The van der Waals surface area contributed by atoms with Gasteiger partial charge in [0.2, 0.25) is 11.8 Å². The predicted octanol–water partition coefficient (Wildman–Crippen LogP) is -0.367. The highest BCUT2D eigenvalue weighted by atomic mass is 16.5. The maximum Gasteiger partial charge on any atom is 0.273 e. The summed E-state index contributed by atoms with van der Waals surface area (Å²) in [5, 5.41) is 10.3. The zero-order valence-electron chi connectivity index (χ0n) is 10.1. The van der Waals surface area contributed by atoms with E-state index in [1.165, 1.54) is 11.8 Å². The van der Waals surface area contributed by atoms with E-state index in [4.69, 9.17) is 4.74 Å². The number of rotatable bonds is 3. The monoisotopic (exact) mass is 251 g/mol. The van der Waals surface area contributed by atoms with Crippen LogP contribution in [-0.4, -0.2) is 34.4 Å². The Morgan fingerprint density at radius 3 is 2.89 bits per heavy atom. The van der Waals surface area contributed by atoms with Gasteiger partial charge in [-0.2, -0.15) is 10.2 Å². The molecule has 0 aromatic carbocycles. The Hall–Kier alpha value is -2.38. The van der Waals surface area contributed by atoms with Gasteiger partial charge in [-0.15, -0.1) is 0 Å². The molecule has 2 rings (SSSR count). The Labute approximate surface area is 103 Å². The molecule has 2 heterocycles. The molecule has 8 nitrogen and oxygen atoms in total. The summed E-state index contributed by atoms with van der Waals surface area (Å²) in [6.45, 7) is 0. The first-order chi connectivity index (χ1) is 8.60. The van der Waals surface area contributed by atoms with E-state index in [0.29, 0.717) is 18.1 Å². The summed E-state index contributed by atoms with van der Waals surface area (Å²) in [6.07, 6.45) is 0.583. The lowest BCUT2D eigenvalue weighted by Gasteiger charge is -2.10. The van der Waals surface area contributed by atoms with Crippen molar-refractivity contribution in [1.82, 2.24) is 15.2 Å². The first-order valence-electron chi connectivity index (χ1n) is 5.35. The number of nitrogens with zero attached hydrogens (tertiary/aromatic N) is 3. The molecule has 0 radical (unpaired) electrons. The highest BCUT2D eigenvalue weighted by Crippen LogP contribution is 2.15. The molecule has 18 heavy (non-hydrogen) atoms. The van der Waals surface area contributed by atoms with Crippen molar-refractivity contribution in [1.29, 1.82) is 0 Å². The van der Waals surface area contributed by atoms with Crippen molar-refractivity contribution in [2.24, 2.45) is 12.1 Å². The van der Waals surface area contributed by atoms with Crippen molar-refractivity contribution in [3.05, 3.63) is 6.07 Å². The molecule has 1 aliphatic heterocycles. The summed E-state index contributed by atoms with van der Waals surface area (Å²) in [5.74, 6) is 0.338. The fraction of sp³-hybridized carbons (Fsp3) is 0.400. The molecule has 0 saturated heterocycles. The van der Waals surface area contributed by atoms with Crippen LogP contribution in [0, 0.1) is 0 Å². The van der Waals surface area contributed by atoms with Crippen LogP contribution in [0.5, 0.6) is 5.88 Å². The molecular weight excluding hydrogens is 238 g/mol. The number of aryl methyl sites for hydroxylation is 1. The zero-order valence-corrected chi connectivity index (χ0v) is 10.1. The Balaban J connectivity index is 2.04. The molecule has 8 heteroatoms. The van der Waals surface area contributed by atoms with Gasteiger partial charge in [-0.1, -0.05) is 0 Å². The van der Waals surface area contributed by atoms with Crippen LogP contribution < -0.4 is 15.5 Å². The van der Waals surface area contributed by atoms with E-state index < -0.39 is 0 Å². The van der Waals surface area contributed by atoms with Crippen LogP contribution in [0.25, 0.3) is 0 Å². The fourth-order valence-corrected chi connectivity index (χ4v) is 1.53. The molecule has 2 amide bonds. The summed E-state index contributed by atoms with van der Waals surface area (Å²) in [6, 6.07) is 1.60. The normalized spacial score (nSPS) is 14.8. The van der Waals surface area contributed by atoms with Gasteiger partial charge in [0.1, 0.15) is 5.71 Å². The van der Waals surface area contributed by atoms with E-state index in [0.717, 1.165) is 0 Å². The van der Waals surface area contributed by atoms with E-state index in [9.17, 15) is 9.59 Å². The van der Waals surface area contributed by atoms with Crippen molar-refractivity contribution >= 4 is 23.3 Å². The van der Waals surface area contributed by atoms with Crippen molar-refractivity contribution in [3.63, 3.8) is 0 Å². The smallest absolute Gasteiger partial charge is 0.273 e. The number of anilines is 1. The number of hydrogen-bond donors (Lipinski definition) is 2. The molecule has 0 aliphatic carbocycles. The number of ether oxygens (including phenoxy) is 1. The molecule has 0 saturated carbocycles. The van der Waals surface area contributed by atoms with Crippen LogP contribution in [0.15, 0.2) is 11.2 Å². The largest absolute Gasteiger partial charge is 0.481 e. The Bertz CT molecular complexity index is 520. The molecule has 0 atom stereocenters. The SMILES string of the molecule is COc1cc(NC(=O)C2=NNC(=O)CC2)nn1C. The summed E-state index contributed by atoms with van der Waals surface area (Å²) >= 11 is 0. The quantitative estimate of drug-likeness (QED) is 0.766. The third-order valence-corrected chi connectivity index (χ3v) is 2.45. The summed E-state index contributed by atoms with van der Waals surface area (Å²) in [7, 11) is 3.22. The van der Waals surface area contributed by atoms with E-state index >= 15 is 0 Å². The fourth-order valence-electron chi connectivity index (χ4n) is 1.53. The number of nitrogens with one attached hydrogen (secondary N) is 2. The standard InChI is InChI=1S/C10H13N5O3/c1-15-9(18-2)5-7(14-15)11-10(17)6-3-4-8(16)13-12-6/h5H,3-4H2,1-2H3,(H,13,16)(H,11,14,17). The van der Waals surface area contributed by atoms with E-state index in [-0.39, 0.29) is 23.9 Å². The van der Waals surface area contributed by atoms with Gasteiger partial charge in [0.05, 0.1) is 7.11 Å². The maximum atomic E-state index is 11.8. The van der Waals surface area contributed by atoms with Crippen LogP contribution in [0.3, 0.4) is 0 Å². The van der Waals surface area contributed by atoms with Crippen LogP contribution in [0.1, 0.15) is 12.8 Å². The topological polar surface area (TPSA) is 97.6 Å². The van der Waals surface area contributed by atoms with Gasteiger partial charge in [0.25, 0.3) is 5.91 Å². The number of hydrogen-bond acceptors (Lipinski definition) is 5. The molecule has 1 aromatic rings. The molecule has 1 aliphatic rings. The van der Waals surface area contributed by atoms with Gasteiger partial charge in [0, 0.05) is 26.0 Å². The zero-order chi connectivity index (χ0) is 13.1. The second kappa shape index (κ2) is 4.86. The number of methoxy groups -OCH3 is 1. The van der Waals surface area contributed by atoms with Crippen LogP contribution >= 0.6 is 0 Å². The van der Waals surface area contributed by atoms with Gasteiger partial charge < -0.3 is 10.1 Å². The molecule has 2 N–H and O–H groups in total. The minimum absolute atomic E-state index is 0.189. The minimum atomic E-state index is -0.379. The molecule has 0 fully saturated rings. The van der Waals surface area contributed by atoms with Crippen molar-refractivity contribution in [2.45, 2.75) is 12.8 Å². The molecule has 96 valence electrons. The maximum absolute atomic E-state index is 11.8. The summed E-state index contributed by atoms with van der Waals surface area (Å²) in [5.41, 5.74) is 2.54. The minimum Gasteiger partial charge on any atom is -0.481 e. The number of amides is 2. The van der Waals surface area contributed by atoms with Crippen molar-refractivity contribution in [2.75, 3.05) is 12.4 Å². The summed E-state index contributed by atoms with van der Waals surface area (Å²) in [4.78, 5) is 22.7. The van der Waals surface area contributed by atoms with E-state index in [2.05, 4.69) is 20.9 Å². The number of hydrazone groups is 1. The van der Waals surface area contributed by atoms with Gasteiger partial charge in [-0.05, 0) is 0 Å². The second-order valence-corrected chi connectivity index (χ2v) is 3.74. The first-order valence-corrected chi connectivity index (χ1v) is 5.35. The van der Waals surface area contributed by atoms with Gasteiger partial charge in [-0.3, -0.25) is 9.59 Å². The van der Waals surface area contributed by atoms with Crippen LogP contribution in [0.4, 0.5) is 5.82 Å². The Kier molecular flexibility index (Phi) is 3.26.